The highest BCUT2D eigenvalue weighted by Gasteiger charge is 2.17. The van der Waals surface area contributed by atoms with Crippen molar-refractivity contribution < 1.29 is 19.2 Å². The van der Waals surface area contributed by atoms with Gasteiger partial charge in [0.2, 0.25) is 0 Å². The first kappa shape index (κ1) is 17.6. The molecule has 0 heterocycles. The van der Waals surface area contributed by atoms with E-state index in [1.165, 1.54) is 31.4 Å². The number of methoxy groups -OCH3 is 1. The lowest BCUT2D eigenvalue weighted by Gasteiger charge is -2.16. The second-order valence-corrected chi connectivity index (χ2v) is 5.28. The minimum absolute atomic E-state index is 0.0527. The van der Waals surface area contributed by atoms with Crippen LogP contribution in [0.1, 0.15) is 6.92 Å². The molecule has 1 N–H and O–H groups in total. The number of halogens is 1. The van der Waals surface area contributed by atoms with Crippen LogP contribution in [0, 0.1) is 10.1 Å². The molecule has 1 amide bonds. The molecule has 0 bridgehead atoms. The first-order valence-corrected chi connectivity index (χ1v) is 7.34. The van der Waals surface area contributed by atoms with Crippen molar-refractivity contribution in [3.8, 4) is 11.5 Å². The summed E-state index contributed by atoms with van der Waals surface area (Å²) < 4.78 is 10.6. The quantitative estimate of drug-likeness (QED) is 0.634. The van der Waals surface area contributed by atoms with Gasteiger partial charge in [0, 0.05) is 17.2 Å². The summed E-state index contributed by atoms with van der Waals surface area (Å²) in [6.45, 7) is 1.56. The van der Waals surface area contributed by atoms with Crippen LogP contribution in [0.5, 0.6) is 11.5 Å². The SMILES string of the molecule is COc1ccc(Cl)cc1NC(=O)[C@H](C)Oc1ccc([N+](=O)[O-])cc1. The largest absolute Gasteiger partial charge is 0.495 e. The van der Waals surface area contributed by atoms with Crippen LogP contribution < -0.4 is 14.8 Å². The number of nitro groups is 1. The van der Waals surface area contributed by atoms with Gasteiger partial charge in [0.15, 0.2) is 6.10 Å². The summed E-state index contributed by atoms with van der Waals surface area (Å²) in [7, 11) is 1.48. The highest BCUT2D eigenvalue weighted by atomic mass is 35.5. The summed E-state index contributed by atoms with van der Waals surface area (Å²) in [5.41, 5.74) is 0.372. The van der Waals surface area contributed by atoms with Crippen LogP contribution >= 0.6 is 11.6 Å². The normalized spacial score (nSPS) is 11.5. The summed E-state index contributed by atoms with van der Waals surface area (Å²) in [4.78, 5) is 22.3. The number of nitrogens with zero attached hydrogens (tertiary/aromatic N) is 1. The number of hydrogen-bond acceptors (Lipinski definition) is 5. The van der Waals surface area contributed by atoms with E-state index in [2.05, 4.69) is 5.32 Å². The average molecular weight is 351 g/mol. The van der Waals surface area contributed by atoms with Crippen molar-refractivity contribution in [2.24, 2.45) is 0 Å². The van der Waals surface area contributed by atoms with E-state index in [1.54, 1.807) is 25.1 Å². The van der Waals surface area contributed by atoms with Crippen molar-refractivity contribution in [2.75, 3.05) is 12.4 Å². The van der Waals surface area contributed by atoms with Crippen LogP contribution in [0.4, 0.5) is 11.4 Å². The van der Waals surface area contributed by atoms with Gasteiger partial charge in [-0.2, -0.15) is 0 Å². The van der Waals surface area contributed by atoms with E-state index in [0.717, 1.165) is 0 Å². The molecule has 0 fully saturated rings. The Kier molecular flexibility index (Phi) is 5.59. The second-order valence-electron chi connectivity index (χ2n) is 4.84. The fourth-order valence-electron chi connectivity index (χ4n) is 1.92. The number of ether oxygens (including phenoxy) is 2. The van der Waals surface area contributed by atoms with Gasteiger partial charge in [0.05, 0.1) is 17.7 Å². The van der Waals surface area contributed by atoms with Crippen LogP contribution in [0.2, 0.25) is 5.02 Å². The minimum Gasteiger partial charge on any atom is -0.495 e. The molecule has 0 spiro atoms. The molecule has 8 heteroatoms. The van der Waals surface area contributed by atoms with Crippen LogP contribution in [0.15, 0.2) is 42.5 Å². The number of carbonyl (C=O) groups is 1. The number of non-ortho nitro benzene ring substituents is 1. The van der Waals surface area contributed by atoms with Crippen LogP contribution in [0.25, 0.3) is 0 Å². The van der Waals surface area contributed by atoms with Gasteiger partial charge in [-0.15, -0.1) is 0 Å². The van der Waals surface area contributed by atoms with Gasteiger partial charge in [-0.25, -0.2) is 0 Å². The van der Waals surface area contributed by atoms with Crippen molar-refractivity contribution >= 4 is 28.9 Å². The van der Waals surface area contributed by atoms with Gasteiger partial charge in [0.1, 0.15) is 11.5 Å². The first-order chi connectivity index (χ1) is 11.4. The average Bonchev–Trinajstić information content (AvgIpc) is 2.55. The predicted molar refractivity (Wildman–Crippen MR) is 89.8 cm³/mol. The minimum atomic E-state index is -0.824. The zero-order valence-corrected chi connectivity index (χ0v) is 13.7. The Morgan fingerprint density at radius 3 is 2.50 bits per heavy atom. The van der Waals surface area contributed by atoms with Crippen molar-refractivity contribution in [3.05, 3.63) is 57.6 Å². The van der Waals surface area contributed by atoms with Crippen molar-refractivity contribution in [2.45, 2.75) is 13.0 Å². The van der Waals surface area contributed by atoms with Gasteiger partial charge >= 0.3 is 0 Å². The zero-order valence-electron chi connectivity index (χ0n) is 13.0. The lowest BCUT2D eigenvalue weighted by molar-refractivity contribution is -0.384. The highest BCUT2D eigenvalue weighted by molar-refractivity contribution is 6.31. The molecule has 0 saturated heterocycles. The Morgan fingerprint density at radius 2 is 1.92 bits per heavy atom. The molecule has 0 aliphatic carbocycles. The Bertz CT molecular complexity index is 749. The van der Waals surface area contributed by atoms with Crippen LogP contribution in [-0.2, 0) is 4.79 Å². The topological polar surface area (TPSA) is 90.7 Å². The Balaban J connectivity index is 2.04. The molecule has 24 heavy (non-hydrogen) atoms. The first-order valence-electron chi connectivity index (χ1n) is 6.96. The van der Waals surface area contributed by atoms with E-state index in [0.29, 0.717) is 22.2 Å². The van der Waals surface area contributed by atoms with E-state index in [9.17, 15) is 14.9 Å². The number of benzene rings is 2. The van der Waals surface area contributed by atoms with E-state index >= 15 is 0 Å². The molecule has 0 aliphatic heterocycles. The van der Waals surface area contributed by atoms with Crippen molar-refractivity contribution in [3.63, 3.8) is 0 Å². The number of nitro benzene ring substituents is 1. The summed E-state index contributed by atoms with van der Waals surface area (Å²) >= 11 is 5.91. The number of rotatable bonds is 6. The number of carbonyl (C=O) groups excluding carboxylic acids is 1. The molecular formula is C16H15ClN2O5. The van der Waals surface area contributed by atoms with Crippen molar-refractivity contribution in [1.29, 1.82) is 0 Å². The van der Waals surface area contributed by atoms with E-state index in [-0.39, 0.29) is 5.69 Å². The third-order valence-corrected chi connectivity index (χ3v) is 3.38. The summed E-state index contributed by atoms with van der Waals surface area (Å²) in [5.74, 6) is 0.408. The number of nitrogens with one attached hydrogen (secondary N) is 1. The number of hydrogen-bond donors (Lipinski definition) is 1. The molecule has 2 aromatic carbocycles. The number of amides is 1. The van der Waals surface area contributed by atoms with E-state index < -0.39 is 16.9 Å². The zero-order chi connectivity index (χ0) is 17.7. The Labute approximate surface area is 143 Å². The molecule has 7 nitrogen and oxygen atoms in total. The summed E-state index contributed by atoms with van der Waals surface area (Å²) in [6, 6.07) is 10.3. The maximum absolute atomic E-state index is 12.2. The van der Waals surface area contributed by atoms with Gasteiger partial charge in [-0.05, 0) is 37.3 Å². The lowest BCUT2D eigenvalue weighted by Crippen LogP contribution is -2.30. The molecule has 1 atom stereocenters. The maximum Gasteiger partial charge on any atom is 0.269 e. The monoisotopic (exact) mass is 350 g/mol. The summed E-state index contributed by atoms with van der Waals surface area (Å²) in [6.07, 6.45) is -0.824. The van der Waals surface area contributed by atoms with Gasteiger partial charge in [-0.3, -0.25) is 14.9 Å². The molecule has 0 aromatic heterocycles. The van der Waals surface area contributed by atoms with E-state index in [1.807, 2.05) is 0 Å². The molecule has 2 rings (SSSR count). The van der Waals surface area contributed by atoms with Crippen LogP contribution in [0.3, 0.4) is 0 Å². The lowest BCUT2D eigenvalue weighted by atomic mass is 10.2. The molecule has 0 aliphatic rings. The fraction of sp³-hybridized carbons (Fsp3) is 0.188. The molecule has 126 valence electrons. The highest BCUT2D eigenvalue weighted by Crippen LogP contribution is 2.28. The maximum atomic E-state index is 12.2. The molecule has 0 radical (unpaired) electrons. The van der Waals surface area contributed by atoms with Gasteiger partial charge in [-0.1, -0.05) is 11.6 Å². The standard InChI is InChI=1S/C16H15ClN2O5/c1-10(24-13-6-4-12(5-7-13)19(21)22)16(20)18-14-9-11(17)3-8-15(14)23-2/h3-10H,1-2H3,(H,18,20)/t10-/m0/s1. The van der Waals surface area contributed by atoms with Crippen LogP contribution in [-0.4, -0.2) is 24.0 Å². The Morgan fingerprint density at radius 1 is 1.25 bits per heavy atom. The third kappa shape index (κ3) is 4.36. The third-order valence-electron chi connectivity index (χ3n) is 3.15. The fourth-order valence-corrected chi connectivity index (χ4v) is 2.09. The molecular weight excluding hydrogens is 336 g/mol. The van der Waals surface area contributed by atoms with Crippen molar-refractivity contribution in [1.82, 2.24) is 0 Å². The Hall–Kier alpha value is -2.80. The second kappa shape index (κ2) is 7.65. The smallest absolute Gasteiger partial charge is 0.269 e. The van der Waals surface area contributed by atoms with Gasteiger partial charge < -0.3 is 14.8 Å². The molecule has 2 aromatic rings. The molecule has 0 unspecified atom stereocenters. The predicted octanol–water partition coefficient (Wildman–Crippen LogP) is 3.66. The van der Waals surface area contributed by atoms with Gasteiger partial charge in [0.25, 0.3) is 11.6 Å². The number of anilines is 1. The van der Waals surface area contributed by atoms with E-state index in [4.69, 9.17) is 21.1 Å². The molecule has 0 saturated carbocycles. The summed E-state index contributed by atoms with van der Waals surface area (Å²) in [5, 5.41) is 13.7.